The number of ether oxygens (including phenoxy) is 2. The first-order valence-electron chi connectivity index (χ1n) is 7.96. The van der Waals surface area contributed by atoms with Crippen LogP contribution < -0.4 is 14.2 Å². The number of hydrogen-bond acceptors (Lipinski definition) is 4. The van der Waals surface area contributed by atoms with Gasteiger partial charge in [-0.3, -0.25) is 0 Å². The van der Waals surface area contributed by atoms with E-state index >= 15 is 0 Å². The molecule has 2 rings (SSSR count). The number of hydrogen-bond donors (Lipinski definition) is 1. The highest BCUT2D eigenvalue weighted by atomic mass is 32.2. The predicted octanol–water partition coefficient (Wildman–Crippen LogP) is 2.95. The first-order chi connectivity index (χ1) is 10.6. The summed E-state index contributed by atoms with van der Waals surface area (Å²) in [5, 5.41) is 0. The van der Waals surface area contributed by atoms with Crippen molar-refractivity contribution in [3.8, 4) is 11.5 Å². The maximum absolute atomic E-state index is 12.4. The lowest BCUT2D eigenvalue weighted by Crippen LogP contribution is -2.29. The highest BCUT2D eigenvalue weighted by Crippen LogP contribution is 2.32. The number of benzene rings is 1. The van der Waals surface area contributed by atoms with Gasteiger partial charge in [0, 0.05) is 12.6 Å². The van der Waals surface area contributed by atoms with Gasteiger partial charge in [0.05, 0.1) is 4.90 Å². The van der Waals surface area contributed by atoms with Crippen molar-refractivity contribution in [3.63, 3.8) is 0 Å². The summed E-state index contributed by atoms with van der Waals surface area (Å²) in [5.74, 6) is 1.47. The van der Waals surface area contributed by atoms with Gasteiger partial charge in [0.2, 0.25) is 10.0 Å². The minimum atomic E-state index is -3.51. The van der Waals surface area contributed by atoms with E-state index in [1.165, 1.54) is 6.07 Å². The first-order valence-corrected chi connectivity index (χ1v) is 9.44. The zero-order valence-corrected chi connectivity index (χ0v) is 14.1. The van der Waals surface area contributed by atoms with Crippen LogP contribution in [0.25, 0.3) is 0 Å². The second-order valence-electron chi connectivity index (χ2n) is 5.57. The van der Waals surface area contributed by atoms with Crippen LogP contribution in [0.5, 0.6) is 11.5 Å². The molecular weight excluding hydrogens is 302 g/mol. The second kappa shape index (κ2) is 7.83. The quantitative estimate of drug-likeness (QED) is 0.797. The molecule has 0 amide bonds. The Morgan fingerprint density at radius 1 is 1.18 bits per heavy atom. The van der Waals surface area contributed by atoms with Crippen molar-refractivity contribution in [2.75, 3.05) is 19.8 Å². The van der Waals surface area contributed by atoms with Crippen molar-refractivity contribution >= 4 is 10.0 Å². The highest BCUT2D eigenvalue weighted by molar-refractivity contribution is 7.89. The normalized spacial score (nSPS) is 15.5. The molecule has 124 valence electrons. The van der Waals surface area contributed by atoms with Crippen molar-refractivity contribution in [3.05, 3.63) is 18.2 Å². The van der Waals surface area contributed by atoms with E-state index in [-0.39, 0.29) is 4.90 Å². The van der Waals surface area contributed by atoms with Crippen LogP contribution in [0, 0.1) is 5.92 Å². The van der Waals surface area contributed by atoms with E-state index < -0.39 is 10.0 Å². The smallest absolute Gasteiger partial charge is 0.240 e. The summed E-state index contributed by atoms with van der Waals surface area (Å²) >= 11 is 0. The molecule has 1 aromatic rings. The molecule has 5 nitrogen and oxygen atoms in total. The van der Waals surface area contributed by atoms with E-state index in [9.17, 15) is 8.42 Å². The maximum Gasteiger partial charge on any atom is 0.240 e. The van der Waals surface area contributed by atoms with Crippen LogP contribution in [0.4, 0.5) is 0 Å². The standard InChI is InChI=1S/C16H25NO4S/c1-3-5-6-13(4-2)12-17-22(18,19)14-7-8-15-16(11-14)21-10-9-20-15/h7-8,11,13,17H,3-6,9-10,12H2,1-2H3/t13-/m1/s1. The number of unbranched alkanes of at least 4 members (excludes halogenated alkanes) is 1. The van der Waals surface area contributed by atoms with Crippen molar-refractivity contribution in [1.82, 2.24) is 4.72 Å². The molecule has 1 heterocycles. The van der Waals surface area contributed by atoms with Gasteiger partial charge in [-0.25, -0.2) is 13.1 Å². The van der Waals surface area contributed by atoms with E-state index in [1.54, 1.807) is 12.1 Å². The van der Waals surface area contributed by atoms with Gasteiger partial charge in [0.25, 0.3) is 0 Å². The monoisotopic (exact) mass is 327 g/mol. The van der Waals surface area contributed by atoms with Gasteiger partial charge >= 0.3 is 0 Å². The van der Waals surface area contributed by atoms with E-state index in [1.807, 2.05) is 0 Å². The van der Waals surface area contributed by atoms with Gasteiger partial charge in [-0.2, -0.15) is 0 Å². The fraction of sp³-hybridized carbons (Fsp3) is 0.625. The molecule has 0 fully saturated rings. The van der Waals surface area contributed by atoms with E-state index in [4.69, 9.17) is 9.47 Å². The van der Waals surface area contributed by atoms with Gasteiger partial charge in [0.1, 0.15) is 13.2 Å². The van der Waals surface area contributed by atoms with Crippen molar-refractivity contribution < 1.29 is 17.9 Å². The van der Waals surface area contributed by atoms with Gasteiger partial charge in [0.15, 0.2) is 11.5 Å². The molecule has 0 spiro atoms. The summed E-state index contributed by atoms with van der Waals surface area (Å²) in [7, 11) is -3.51. The summed E-state index contributed by atoms with van der Waals surface area (Å²) in [6, 6.07) is 4.74. The summed E-state index contributed by atoms with van der Waals surface area (Å²) in [6.45, 7) is 5.66. The van der Waals surface area contributed by atoms with Crippen molar-refractivity contribution in [2.45, 2.75) is 44.4 Å². The number of sulfonamides is 1. The van der Waals surface area contributed by atoms with Gasteiger partial charge in [-0.15, -0.1) is 0 Å². The Morgan fingerprint density at radius 3 is 2.59 bits per heavy atom. The minimum absolute atomic E-state index is 0.224. The Kier molecular flexibility index (Phi) is 6.08. The van der Waals surface area contributed by atoms with E-state index in [0.29, 0.717) is 37.2 Å². The number of nitrogens with one attached hydrogen (secondary N) is 1. The van der Waals surface area contributed by atoms with Crippen LogP contribution >= 0.6 is 0 Å². The predicted molar refractivity (Wildman–Crippen MR) is 85.9 cm³/mol. The topological polar surface area (TPSA) is 64.6 Å². The molecule has 1 aliphatic heterocycles. The summed E-state index contributed by atoms with van der Waals surface area (Å²) in [6.07, 6.45) is 4.29. The average Bonchev–Trinajstić information content (AvgIpc) is 2.54. The lowest BCUT2D eigenvalue weighted by atomic mass is 10.00. The SMILES string of the molecule is CCCC[C@@H](CC)CNS(=O)(=O)c1ccc2c(c1)OCCO2. The van der Waals surface area contributed by atoms with Crippen LogP contribution in [0.1, 0.15) is 39.5 Å². The summed E-state index contributed by atoms with van der Waals surface area (Å²) < 4.78 is 38.4. The van der Waals surface area contributed by atoms with Crippen LogP contribution in [0.2, 0.25) is 0 Å². The average molecular weight is 327 g/mol. The molecule has 1 N–H and O–H groups in total. The van der Waals surface area contributed by atoms with Gasteiger partial charge < -0.3 is 9.47 Å². The third kappa shape index (κ3) is 4.36. The Hall–Kier alpha value is -1.27. The van der Waals surface area contributed by atoms with Crippen molar-refractivity contribution in [2.24, 2.45) is 5.92 Å². The summed E-state index contributed by atoms with van der Waals surface area (Å²) in [5.41, 5.74) is 0. The molecule has 0 aromatic heterocycles. The Morgan fingerprint density at radius 2 is 1.91 bits per heavy atom. The molecule has 0 unspecified atom stereocenters. The van der Waals surface area contributed by atoms with E-state index in [2.05, 4.69) is 18.6 Å². The second-order valence-corrected chi connectivity index (χ2v) is 7.34. The fourth-order valence-electron chi connectivity index (χ4n) is 2.45. The third-order valence-electron chi connectivity index (χ3n) is 3.93. The molecule has 1 aromatic carbocycles. The minimum Gasteiger partial charge on any atom is -0.486 e. The molecule has 0 saturated heterocycles. The van der Waals surface area contributed by atoms with Crippen LogP contribution in [-0.2, 0) is 10.0 Å². The Balaban J connectivity index is 2.03. The molecule has 0 saturated carbocycles. The zero-order chi connectivity index (χ0) is 16.0. The summed E-state index contributed by atoms with van der Waals surface area (Å²) in [4.78, 5) is 0.224. The highest BCUT2D eigenvalue weighted by Gasteiger charge is 2.20. The molecule has 6 heteroatoms. The molecule has 22 heavy (non-hydrogen) atoms. The van der Waals surface area contributed by atoms with Gasteiger partial charge in [-0.1, -0.05) is 33.1 Å². The van der Waals surface area contributed by atoms with Crippen LogP contribution in [-0.4, -0.2) is 28.2 Å². The molecule has 0 bridgehead atoms. The molecule has 0 radical (unpaired) electrons. The van der Waals surface area contributed by atoms with Crippen LogP contribution in [0.3, 0.4) is 0 Å². The molecular formula is C16H25NO4S. The molecule has 1 aliphatic rings. The molecule has 0 aliphatic carbocycles. The maximum atomic E-state index is 12.4. The first kappa shape index (κ1) is 17.1. The fourth-order valence-corrected chi connectivity index (χ4v) is 3.58. The molecule has 1 atom stereocenters. The number of fused-ring (bicyclic) bond motifs is 1. The lowest BCUT2D eigenvalue weighted by molar-refractivity contribution is 0.171. The van der Waals surface area contributed by atoms with Crippen LogP contribution in [0.15, 0.2) is 23.1 Å². The lowest BCUT2D eigenvalue weighted by Gasteiger charge is -2.19. The zero-order valence-electron chi connectivity index (χ0n) is 13.3. The Bertz CT molecular complexity index is 586. The third-order valence-corrected chi connectivity index (χ3v) is 5.35. The largest absolute Gasteiger partial charge is 0.486 e. The van der Waals surface area contributed by atoms with Gasteiger partial charge in [-0.05, 0) is 24.5 Å². The Labute approximate surface area is 133 Å². The van der Waals surface area contributed by atoms with Crippen molar-refractivity contribution in [1.29, 1.82) is 0 Å². The van der Waals surface area contributed by atoms with E-state index in [0.717, 1.165) is 25.7 Å². The number of rotatable bonds is 8.